The smallest absolute Gasteiger partial charge is 0.129 e. The highest BCUT2D eigenvalue weighted by atomic mass is 35.5. The summed E-state index contributed by atoms with van der Waals surface area (Å²) in [6, 6.07) is 5.54. The van der Waals surface area contributed by atoms with Gasteiger partial charge in [0.15, 0.2) is 0 Å². The summed E-state index contributed by atoms with van der Waals surface area (Å²) in [4.78, 5) is 8.24. The van der Waals surface area contributed by atoms with Crippen LogP contribution in [0.25, 0.3) is 0 Å². The van der Waals surface area contributed by atoms with Gasteiger partial charge in [0.05, 0.1) is 0 Å². The average Bonchev–Trinajstić information content (AvgIpc) is 2.07. The Morgan fingerprint density at radius 1 is 1.38 bits per heavy atom. The third-order valence-electron chi connectivity index (χ3n) is 1.04. The monoisotopic (exact) mass is 220 g/mol. The van der Waals surface area contributed by atoms with Crippen LogP contribution in [0, 0.1) is 11.8 Å². The van der Waals surface area contributed by atoms with Crippen LogP contribution in [-0.2, 0) is 4.84 Å². The van der Waals surface area contributed by atoms with Gasteiger partial charge in [0, 0.05) is 6.20 Å². The van der Waals surface area contributed by atoms with E-state index in [-0.39, 0.29) is 31.4 Å². The Balaban J connectivity index is 0. The molecule has 13 heavy (non-hydrogen) atoms. The van der Waals surface area contributed by atoms with E-state index in [2.05, 4.69) is 21.7 Å². The third-order valence-corrected chi connectivity index (χ3v) is 1.04. The van der Waals surface area contributed by atoms with Crippen molar-refractivity contribution in [1.82, 2.24) is 4.98 Å². The molecule has 1 rings (SSSR count). The van der Waals surface area contributed by atoms with Crippen molar-refractivity contribution >= 4 is 24.8 Å². The Bertz CT molecular complexity index is 268. The number of hydrogen-bond acceptors (Lipinski definition) is 3. The maximum Gasteiger partial charge on any atom is 0.129 e. The molecule has 0 saturated carbocycles. The standard InChI is InChI=1S/C8H8N2O.2ClH/c9-11-7-3-5-8-4-1-2-6-10-8;;/h1-2,4,6H,7,9H2;2*1H. The van der Waals surface area contributed by atoms with Crippen LogP contribution < -0.4 is 5.90 Å². The molecule has 0 aliphatic carbocycles. The molecule has 0 bridgehead atoms. The summed E-state index contributed by atoms with van der Waals surface area (Å²) in [6.45, 7) is 0.233. The van der Waals surface area contributed by atoms with E-state index in [0.29, 0.717) is 0 Å². The average molecular weight is 221 g/mol. The first-order chi connectivity index (χ1) is 5.43. The molecule has 1 aromatic rings. The van der Waals surface area contributed by atoms with Crippen LogP contribution in [0.1, 0.15) is 5.69 Å². The van der Waals surface area contributed by atoms with Gasteiger partial charge in [0.2, 0.25) is 0 Å². The number of rotatable bonds is 1. The molecular weight excluding hydrogens is 211 g/mol. The van der Waals surface area contributed by atoms with Gasteiger partial charge in [-0.15, -0.1) is 24.8 Å². The van der Waals surface area contributed by atoms with Gasteiger partial charge >= 0.3 is 0 Å². The van der Waals surface area contributed by atoms with Crippen molar-refractivity contribution in [3.05, 3.63) is 30.1 Å². The molecule has 0 unspecified atom stereocenters. The lowest BCUT2D eigenvalue weighted by molar-refractivity contribution is 0.173. The second-order valence-corrected chi connectivity index (χ2v) is 1.83. The van der Waals surface area contributed by atoms with Crippen LogP contribution in [0.5, 0.6) is 0 Å². The number of aromatic nitrogens is 1. The Kier molecular flexibility index (Phi) is 10.5. The molecule has 0 fully saturated rings. The number of nitrogens with two attached hydrogens (primary N) is 1. The lowest BCUT2D eigenvalue weighted by atomic mass is 10.3. The topological polar surface area (TPSA) is 48.1 Å². The van der Waals surface area contributed by atoms with Crippen LogP contribution in [0.15, 0.2) is 24.4 Å². The molecule has 0 aliphatic rings. The van der Waals surface area contributed by atoms with E-state index in [1.807, 2.05) is 18.2 Å². The van der Waals surface area contributed by atoms with Crippen molar-refractivity contribution in [2.24, 2.45) is 5.90 Å². The van der Waals surface area contributed by atoms with E-state index in [1.54, 1.807) is 6.20 Å². The molecule has 2 N–H and O–H groups in total. The highest BCUT2D eigenvalue weighted by Gasteiger charge is 1.81. The molecule has 0 aromatic carbocycles. The predicted octanol–water partition coefficient (Wildman–Crippen LogP) is 1.17. The molecule has 0 atom stereocenters. The second kappa shape index (κ2) is 9.30. The SMILES string of the molecule is Cl.Cl.NOCC#Cc1ccccn1. The van der Waals surface area contributed by atoms with Crippen molar-refractivity contribution in [3.63, 3.8) is 0 Å². The van der Waals surface area contributed by atoms with Crippen LogP contribution in [0.2, 0.25) is 0 Å². The Morgan fingerprint density at radius 2 is 2.15 bits per heavy atom. The van der Waals surface area contributed by atoms with Gasteiger partial charge in [-0.05, 0) is 18.1 Å². The van der Waals surface area contributed by atoms with Gasteiger partial charge in [-0.3, -0.25) is 4.84 Å². The fourth-order valence-corrected chi connectivity index (χ4v) is 0.605. The van der Waals surface area contributed by atoms with E-state index in [9.17, 15) is 0 Å². The van der Waals surface area contributed by atoms with Crippen molar-refractivity contribution in [3.8, 4) is 11.8 Å². The molecule has 0 spiro atoms. The van der Waals surface area contributed by atoms with E-state index in [1.165, 1.54) is 0 Å². The molecule has 0 radical (unpaired) electrons. The molecule has 1 aromatic heterocycles. The van der Waals surface area contributed by atoms with Crippen LogP contribution in [-0.4, -0.2) is 11.6 Å². The van der Waals surface area contributed by atoms with Gasteiger partial charge in [-0.1, -0.05) is 12.0 Å². The first-order valence-electron chi connectivity index (χ1n) is 3.15. The van der Waals surface area contributed by atoms with E-state index in [4.69, 9.17) is 5.90 Å². The number of halogens is 2. The van der Waals surface area contributed by atoms with Crippen LogP contribution >= 0.6 is 24.8 Å². The Hall–Kier alpha value is -0.790. The zero-order chi connectivity index (χ0) is 7.94. The maximum absolute atomic E-state index is 4.77. The quantitative estimate of drug-likeness (QED) is 0.572. The minimum absolute atomic E-state index is 0. The third kappa shape index (κ3) is 6.38. The van der Waals surface area contributed by atoms with Crippen molar-refractivity contribution in [2.75, 3.05) is 6.61 Å². The summed E-state index contributed by atoms with van der Waals surface area (Å²) in [7, 11) is 0. The number of nitrogens with zero attached hydrogens (tertiary/aromatic N) is 1. The molecule has 5 heteroatoms. The normalized spacial score (nSPS) is 7.15. The Morgan fingerprint density at radius 3 is 2.69 bits per heavy atom. The fraction of sp³-hybridized carbons (Fsp3) is 0.125. The lowest BCUT2D eigenvalue weighted by Gasteiger charge is -1.85. The largest absolute Gasteiger partial charge is 0.292 e. The molecule has 0 saturated heterocycles. The molecule has 3 nitrogen and oxygen atoms in total. The minimum Gasteiger partial charge on any atom is -0.292 e. The van der Waals surface area contributed by atoms with Crippen molar-refractivity contribution in [2.45, 2.75) is 0 Å². The minimum atomic E-state index is 0. The van der Waals surface area contributed by atoms with Crippen molar-refractivity contribution < 1.29 is 4.84 Å². The van der Waals surface area contributed by atoms with Gasteiger partial charge in [-0.25, -0.2) is 10.9 Å². The van der Waals surface area contributed by atoms with Crippen molar-refractivity contribution in [1.29, 1.82) is 0 Å². The summed E-state index contributed by atoms with van der Waals surface area (Å²) in [5.74, 6) is 10.2. The highest BCUT2D eigenvalue weighted by Crippen LogP contribution is 1.88. The van der Waals surface area contributed by atoms with E-state index in [0.717, 1.165) is 5.69 Å². The molecule has 0 aliphatic heterocycles. The maximum atomic E-state index is 4.77. The predicted molar refractivity (Wildman–Crippen MR) is 55.8 cm³/mol. The van der Waals surface area contributed by atoms with Gasteiger partial charge in [0.25, 0.3) is 0 Å². The molecule has 1 heterocycles. The summed E-state index contributed by atoms with van der Waals surface area (Å²) < 4.78 is 0. The summed E-state index contributed by atoms with van der Waals surface area (Å²) in [5.41, 5.74) is 0.726. The zero-order valence-corrected chi connectivity index (χ0v) is 8.40. The van der Waals surface area contributed by atoms with Gasteiger partial charge in [0.1, 0.15) is 12.3 Å². The first-order valence-corrected chi connectivity index (χ1v) is 3.15. The van der Waals surface area contributed by atoms with Gasteiger partial charge < -0.3 is 0 Å². The fourth-order valence-electron chi connectivity index (χ4n) is 0.605. The number of hydrogen-bond donors (Lipinski definition) is 1. The van der Waals surface area contributed by atoms with Crippen LogP contribution in [0.3, 0.4) is 0 Å². The Labute approximate surface area is 89.5 Å². The first kappa shape index (κ1) is 14.7. The molecule has 72 valence electrons. The number of pyridine rings is 1. The molecular formula is C8H10Cl2N2O. The summed E-state index contributed by atoms with van der Waals surface area (Å²) in [6.07, 6.45) is 1.69. The van der Waals surface area contributed by atoms with Crippen LogP contribution in [0.4, 0.5) is 0 Å². The molecule has 0 amide bonds. The lowest BCUT2D eigenvalue weighted by Crippen LogP contribution is -1.97. The highest BCUT2D eigenvalue weighted by molar-refractivity contribution is 5.85. The summed E-state index contributed by atoms with van der Waals surface area (Å²) in [5, 5.41) is 0. The van der Waals surface area contributed by atoms with E-state index >= 15 is 0 Å². The zero-order valence-electron chi connectivity index (χ0n) is 6.77. The van der Waals surface area contributed by atoms with E-state index < -0.39 is 0 Å². The second-order valence-electron chi connectivity index (χ2n) is 1.83. The summed E-state index contributed by atoms with van der Waals surface area (Å²) >= 11 is 0. The van der Waals surface area contributed by atoms with Gasteiger partial charge in [-0.2, -0.15) is 0 Å².